The molecule has 2 aromatic heterocycles. The Balaban J connectivity index is 0.000000197. The van der Waals surface area contributed by atoms with Gasteiger partial charge in [-0.2, -0.15) is 9.97 Å². The number of hydrogen-bond acceptors (Lipinski definition) is 15. The Morgan fingerprint density at radius 1 is 0.742 bits per heavy atom. The lowest BCUT2D eigenvalue weighted by Crippen LogP contribution is -2.22. The SMILES string of the molecule is CC1(C)OC[C@H](CO)O1.Cc1c(O)cccc1-c1nc(-c2ccc(OC(C)C)c(Cl)c2)no1.Cc1c(OC[C@H](O)CO)cccc1-c1nc(-c2ccc(OC(C)C)c(Cl)c2)no1. The second-order valence-electron chi connectivity index (χ2n) is 15.1. The number of aromatic nitrogens is 4. The van der Waals surface area contributed by atoms with Gasteiger partial charge in [0.2, 0.25) is 11.6 Å². The summed E-state index contributed by atoms with van der Waals surface area (Å²) < 4.78 is 38.0. The van der Waals surface area contributed by atoms with Crippen LogP contribution in [0.25, 0.3) is 45.7 Å². The standard InChI is InChI=1S/C21H23ClN2O5.C18H17ClN2O3.C6H12O3/c1-12(2)28-19-8-7-14(9-17(19)22)20-23-21(29-24-20)16-5-4-6-18(13(16)3)27-11-15(26)10-25;1-10(2)23-16-8-7-12(9-14(16)19)17-20-18(24-21-17)13-5-4-6-15(22)11(13)3;1-6(2)8-4-5(3-7)9-6/h4-9,12,15,25-26H,10-11H2,1-3H3;4-10,22H,1-3H3;5,7H,3-4H2,1-2H3/t15-;;5-/m1.0/s1. The predicted molar refractivity (Wildman–Crippen MR) is 234 cm³/mol. The number of halogens is 2. The average molecular weight is 896 g/mol. The zero-order valence-corrected chi connectivity index (χ0v) is 37.3. The minimum Gasteiger partial charge on any atom is -0.508 e. The summed E-state index contributed by atoms with van der Waals surface area (Å²) in [6, 6.07) is 21.3. The molecule has 0 radical (unpaired) electrons. The molecule has 15 nitrogen and oxygen atoms in total. The number of hydrogen-bond donors (Lipinski definition) is 4. The Kier molecular flexibility index (Phi) is 16.7. The molecular weight excluding hydrogens is 843 g/mol. The molecule has 1 saturated heterocycles. The van der Waals surface area contributed by atoms with E-state index >= 15 is 0 Å². The number of aliphatic hydroxyl groups is 3. The van der Waals surface area contributed by atoms with Gasteiger partial charge in [-0.15, -0.1) is 0 Å². The Labute approximate surface area is 370 Å². The van der Waals surface area contributed by atoms with Crippen LogP contribution in [-0.2, 0) is 9.47 Å². The molecule has 0 amide bonds. The van der Waals surface area contributed by atoms with Gasteiger partial charge in [0.25, 0.3) is 11.8 Å². The lowest BCUT2D eigenvalue weighted by molar-refractivity contribution is -0.142. The molecule has 2 atom stereocenters. The van der Waals surface area contributed by atoms with E-state index in [9.17, 15) is 10.2 Å². The maximum Gasteiger partial charge on any atom is 0.258 e. The van der Waals surface area contributed by atoms with Crippen molar-refractivity contribution in [3.8, 4) is 68.7 Å². The number of benzene rings is 4. The van der Waals surface area contributed by atoms with Crippen molar-refractivity contribution in [1.82, 2.24) is 20.3 Å². The number of rotatable bonds is 13. The Hall–Kier alpha value is -5.26. The van der Waals surface area contributed by atoms with Gasteiger partial charge in [-0.25, -0.2) is 0 Å². The van der Waals surface area contributed by atoms with Gasteiger partial charge in [-0.1, -0.05) is 45.6 Å². The third-order valence-corrected chi connectivity index (χ3v) is 9.51. The second kappa shape index (κ2) is 21.7. The fourth-order valence-corrected chi connectivity index (χ4v) is 6.28. The summed E-state index contributed by atoms with van der Waals surface area (Å²) in [6.45, 7) is 15.2. The Morgan fingerprint density at radius 3 is 1.69 bits per heavy atom. The van der Waals surface area contributed by atoms with Crippen LogP contribution >= 0.6 is 23.2 Å². The first kappa shape index (κ1) is 47.8. The fraction of sp³-hybridized carbons (Fsp3) is 0.378. The van der Waals surface area contributed by atoms with Gasteiger partial charge >= 0.3 is 0 Å². The van der Waals surface area contributed by atoms with E-state index in [-0.39, 0.29) is 43.9 Å². The number of aliphatic hydroxyl groups excluding tert-OH is 3. The normalized spacial score (nSPS) is 14.8. The van der Waals surface area contributed by atoms with Gasteiger partial charge in [0.1, 0.15) is 41.8 Å². The van der Waals surface area contributed by atoms with Crippen molar-refractivity contribution >= 4 is 23.2 Å². The van der Waals surface area contributed by atoms with Crippen LogP contribution in [0.3, 0.4) is 0 Å². The summed E-state index contributed by atoms with van der Waals surface area (Å²) in [5, 5.41) is 45.8. The first-order chi connectivity index (χ1) is 29.5. The van der Waals surface area contributed by atoms with Crippen molar-refractivity contribution in [3.05, 3.63) is 94.0 Å². The molecule has 0 unspecified atom stereocenters. The highest BCUT2D eigenvalue weighted by Gasteiger charge is 2.31. The Morgan fingerprint density at radius 2 is 1.26 bits per heavy atom. The lowest BCUT2D eigenvalue weighted by atomic mass is 10.1. The molecule has 332 valence electrons. The first-order valence-corrected chi connectivity index (χ1v) is 20.6. The molecule has 17 heteroatoms. The van der Waals surface area contributed by atoms with Crippen LogP contribution in [-0.4, -0.2) is 97.3 Å². The average Bonchev–Trinajstić information content (AvgIpc) is 4.01. The predicted octanol–water partition coefficient (Wildman–Crippen LogP) is 8.87. The zero-order valence-electron chi connectivity index (χ0n) is 35.8. The van der Waals surface area contributed by atoms with Crippen molar-refractivity contribution in [2.45, 2.75) is 85.6 Å². The molecule has 1 aliphatic heterocycles. The lowest BCUT2D eigenvalue weighted by Gasteiger charge is -2.15. The number of ether oxygens (including phenoxy) is 5. The molecule has 7 rings (SSSR count). The molecule has 4 aromatic carbocycles. The number of nitrogens with zero attached hydrogens (tertiary/aromatic N) is 4. The van der Waals surface area contributed by atoms with Crippen LogP contribution in [0.4, 0.5) is 0 Å². The van der Waals surface area contributed by atoms with Crippen LogP contribution < -0.4 is 14.2 Å². The number of phenols is 1. The Bertz CT molecular complexity index is 2380. The van der Waals surface area contributed by atoms with Crippen molar-refractivity contribution in [2.24, 2.45) is 0 Å². The highest BCUT2D eigenvalue weighted by Crippen LogP contribution is 2.35. The van der Waals surface area contributed by atoms with E-state index in [2.05, 4.69) is 20.3 Å². The molecule has 0 bridgehead atoms. The molecule has 0 aliphatic carbocycles. The third kappa shape index (κ3) is 12.9. The van der Waals surface area contributed by atoms with Crippen LogP contribution in [0.1, 0.15) is 52.7 Å². The minimum absolute atomic E-state index is 0.0147. The van der Waals surface area contributed by atoms with Crippen LogP contribution in [0.2, 0.25) is 10.0 Å². The van der Waals surface area contributed by atoms with Crippen LogP contribution in [0, 0.1) is 13.8 Å². The molecule has 0 spiro atoms. The highest BCUT2D eigenvalue weighted by molar-refractivity contribution is 6.32. The topological polar surface area (TPSA) is 205 Å². The zero-order chi connectivity index (χ0) is 45.1. The van der Waals surface area contributed by atoms with E-state index in [4.69, 9.17) is 66.1 Å². The largest absolute Gasteiger partial charge is 0.508 e. The summed E-state index contributed by atoms with van der Waals surface area (Å²) in [5.41, 5.74) is 4.31. The van der Waals surface area contributed by atoms with Gasteiger partial charge in [0.15, 0.2) is 5.79 Å². The molecule has 1 fully saturated rings. The molecule has 62 heavy (non-hydrogen) atoms. The molecule has 0 saturated carbocycles. The summed E-state index contributed by atoms with van der Waals surface area (Å²) in [7, 11) is 0. The smallest absolute Gasteiger partial charge is 0.258 e. The number of phenolic OH excluding ortho intramolecular Hbond substituents is 1. The van der Waals surface area contributed by atoms with Crippen molar-refractivity contribution in [3.63, 3.8) is 0 Å². The van der Waals surface area contributed by atoms with E-state index in [0.717, 1.165) is 11.1 Å². The van der Waals surface area contributed by atoms with Gasteiger partial charge in [-0.05, 0) is 116 Å². The molecule has 6 aromatic rings. The molecule has 4 N–H and O–H groups in total. The van der Waals surface area contributed by atoms with Crippen molar-refractivity contribution in [2.75, 3.05) is 26.4 Å². The molecule has 3 heterocycles. The van der Waals surface area contributed by atoms with E-state index in [1.807, 2.05) is 72.7 Å². The fourth-order valence-electron chi connectivity index (χ4n) is 5.83. The maximum atomic E-state index is 9.80. The summed E-state index contributed by atoms with van der Waals surface area (Å²) >= 11 is 12.5. The van der Waals surface area contributed by atoms with Gasteiger partial charge in [-0.3, -0.25) is 0 Å². The molecule has 1 aliphatic rings. The van der Waals surface area contributed by atoms with Gasteiger partial charge in [0, 0.05) is 33.4 Å². The first-order valence-electron chi connectivity index (χ1n) is 19.8. The summed E-state index contributed by atoms with van der Waals surface area (Å²) in [4.78, 5) is 8.87. The number of aromatic hydroxyl groups is 1. The highest BCUT2D eigenvalue weighted by atomic mass is 35.5. The third-order valence-electron chi connectivity index (χ3n) is 8.92. The monoisotopic (exact) mass is 894 g/mol. The van der Waals surface area contributed by atoms with E-state index in [1.54, 1.807) is 55.5 Å². The summed E-state index contributed by atoms with van der Waals surface area (Å²) in [6.07, 6.45) is -1.01. The maximum absolute atomic E-state index is 9.80. The van der Waals surface area contributed by atoms with Crippen LogP contribution in [0.5, 0.6) is 23.0 Å². The van der Waals surface area contributed by atoms with E-state index in [1.165, 1.54) is 0 Å². The van der Waals surface area contributed by atoms with Gasteiger partial charge < -0.3 is 53.2 Å². The van der Waals surface area contributed by atoms with Crippen molar-refractivity contribution in [1.29, 1.82) is 0 Å². The summed E-state index contributed by atoms with van der Waals surface area (Å²) in [5.74, 6) is 2.97. The second-order valence-corrected chi connectivity index (χ2v) is 15.9. The van der Waals surface area contributed by atoms with Crippen LogP contribution in [0.15, 0.2) is 81.8 Å². The minimum atomic E-state index is -0.944. The van der Waals surface area contributed by atoms with E-state index in [0.29, 0.717) is 79.6 Å². The van der Waals surface area contributed by atoms with Crippen molar-refractivity contribution < 1.29 is 53.2 Å². The van der Waals surface area contributed by atoms with E-state index < -0.39 is 11.9 Å². The quantitative estimate of drug-likeness (QED) is 0.0855. The van der Waals surface area contributed by atoms with Gasteiger partial charge in [0.05, 0.1) is 42.1 Å². The molecular formula is C45H52Cl2N4O11.